The van der Waals surface area contributed by atoms with Crippen molar-refractivity contribution in [3.05, 3.63) is 0 Å². The number of nitrogens with two attached hydrogens (primary N) is 2. The van der Waals surface area contributed by atoms with Crippen LogP contribution < -0.4 is 27.4 Å². The van der Waals surface area contributed by atoms with E-state index < -0.39 is 72.6 Å². The maximum absolute atomic E-state index is 12.8. The fraction of sp³-hybridized carbons (Fsp3) is 0.684. The van der Waals surface area contributed by atoms with Crippen LogP contribution in [0.4, 0.5) is 0 Å². The molecule has 14 heteroatoms. The van der Waals surface area contributed by atoms with Gasteiger partial charge in [0.25, 0.3) is 0 Å². The first kappa shape index (κ1) is 30.1. The quantitative estimate of drug-likeness (QED) is 0.125. The Hall–Kier alpha value is -2.87. The van der Waals surface area contributed by atoms with Crippen LogP contribution in [0.1, 0.15) is 39.5 Å². The molecule has 0 rings (SSSR count). The molecule has 0 fully saturated rings. The third kappa shape index (κ3) is 12.7. The molecule has 0 heterocycles. The van der Waals surface area contributed by atoms with Gasteiger partial charge >= 0.3 is 11.9 Å². The molecule has 0 aromatic rings. The average molecular weight is 492 g/mol. The second-order valence-electron chi connectivity index (χ2n) is 7.81. The summed E-state index contributed by atoms with van der Waals surface area (Å²) in [5.41, 5.74) is 10.7. The van der Waals surface area contributed by atoms with Gasteiger partial charge in [-0.25, -0.2) is 4.79 Å². The number of hydrogen-bond donors (Lipinski definition) is 7. The number of nitrogens with one attached hydrogen (secondary N) is 3. The molecule has 4 amide bonds. The summed E-state index contributed by atoms with van der Waals surface area (Å²) in [6, 6.07) is -5.31. The summed E-state index contributed by atoms with van der Waals surface area (Å²) in [5.74, 6) is -5.78. The van der Waals surface area contributed by atoms with Crippen LogP contribution in [0.5, 0.6) is 0 Å². The highest BCUT2D eigenvalue weighted by atomic mass is 32.2. The van der Waals surface area contributed by atoms with E-state index >= 15 is 0 Å². The van der Waals surface area contributed by atoms with Crippen molar-refractivity contribution in [3.63, 3.8) is 0 Å². The van der Waals surface area contributed by atoms with Crippen LogP contribution in [0.3, 0.4) is 0 Å². The van der Waals surface area contributed by atoms with Crippen LogP contribution >= 0.6 is 11.8 Å². The minimum Gasteiger partial charge on any atom is -0.481 e. The van der Waals surface area contributed by atoms with Gasteiger partial charge < -0.3 is 37.6 Å². The standard InChI is InChI=1S/C19H33N5O8S/c1-9(2)6-12(23-16(28)10(20)7-15(26)27)17(29)24-13(8-14(21)25)18(30)22-11(19(31)32)4-5-33-3/h9-13H,4-8,20H2,1-3H3,(H2,21,25)(H,22,30)(H,23,28)(H,24,29)(H,26,27)(H,31,32). The zero-order chi connectivity index (χ0) is 25.7. The Balaban J connectivity index is 5.50. The van der Waals surface area contributed by atoms with E-state index in [4.69, 9.17) is 16.6 Å². The lowest BCUT2D eigenvalue weighted by atomic mass is 10.0. The molecule has 0 radical (unpaired) electrons. The fourth-order valence-electron chi connectivity index (χ4n) is 2.71. The second kappa shape index (κ2) is 15.1. The van der Waals surface area contributed by atoms with Crippen LogP contribution in [-0.2, 0) is 28.8 Å². The van der Waals surface area contributed by atoms with Gasteiger partial charge in [-0.05, 0) is 30.8 Å². The molecule has 0 aromatic heterocycles. The summed E-state index contributed by atoms with van der Waals surface area (Å²) in [5, 5.41) is 25.0. The van der Waals surface area contributed by atoms with E-state index in [1.54, 1.807) is 20.1 Å². The lowest BCUT2D eigenvalue weighted by Gasteiger charge is -2.25. The molecule has 188 valence electrons. The van der Waals surface area contributed by atoms with Crippen molar-refractivity contribution in [3.8, 4) is 0 Å². The molecule has 0 aromatic carbocycles. The summed E-state index contributed by atoms with van der Waals surface area (Å²) in [4.78, 5) is 71.2. The van der Waals surface area contributed by atoms with Crippen molar-refractivity contribution >= 4 is 47.3 Å². The van der Waals surface area contributed by atoms with Crippen LogP contribution in [0.25, 0.3) is 0 Å². The Morgan fingerprint density at radius 2 is 1.36 bits per heavy atom. The van der Waals surface area contributed by atoms with Gasteiger partial charge in [-0.2, -0.15) is 11.8 Å². The highest BCUT2D eigenvalue weighted by Crippen LogP contribution is 2.08. The second-order valence-corrected chi connectivity index (χ2v) is 8.79. The Morgan fingerprint density at radius 1 is 0.848 bits per heavy atom. The lowest BCUT2D eigenvalue weighted by Crippen LogP contribution is -2.58. The van der Waals surface area contributed by atoms with E-state index in [9.17, 15) is 33.9 Å². The molecule has 0 spiro atoms. The Bertz CT molecular complexity index is 733. The number of aliphatic carboxylic acids is 2. The number of carboxylic acid groups (broad SMARTS) is 2. The number of hydrogen-bond acceptors (Lipinski definition) is 8. The van der Waals surface area contributed by atoms with Crippen molar-refractivity contribution in [2.45, 2.75) is 63.7 Å². The first-order chi connectivity index (χ1) is 15.3. The predicted octanol–water partition coefficient (Wildman–Crippen LogP) is -2.00. The molecule has 4 atom stereocenters. The Labute approximate surface area is 195 Å². The van der Waals surface area contributed by atoms with Gasteiger partial charge in [0.15, 0.2) is 0 Å². The summed E-state index contributed by atoms with van der Waals surface area (Å²) in [6.45, 7) is 3.53. The van der Waals surface area contributed by atoms with Gasteiger partial charge in [-0.15, -0.1) is 0 Å². The molecule has 0 aliphatic carbocycles. The largest absolute Gasteiger partial charge is 0.481 e. The molecule has 0 aliphatic heterocycles. The molecule has 0 bridgehead atoms. The molecular formula is C19H33N5O8S. The average Bonchev–Trinajstić information content (AvgIpc) is 2.68. The monoisotopic (exact) mass is 491 g/mol. The Morgan fingerprint density at radius 3 is 1.82 bits per heavy atom. The molecule has 0 aliphatic rings. The molecule has 33 heavy (non-hydrogen) atoms. The summed E-state index contributed by atoms with van der Waals surface area (Å²) >= 11 is 1.38. The Kier molecular flexibility index (Phi) is 13.7. The van der Waals surface area contributed by atoms with Gasteiger partial charge in [0, 0.05) is 0 Å². The van der Waals surface area contributed by atoms with Crippen molar-refractivity contribution in [1.82, 2.24) is 16.0 Å². The SMILES string of the molecule is CSCCC(NC(=O)C(CC(N)=O)NC(=O)C(CC(C)C)NC(=O)C(N)CC(=O)O)C(=O)O. The predicted molar refractivity (Wildman–Crippen MR) is 120 cm³/mol. The van der Waals surface area contributed by atoms with Crippen molar-refractivity contribution < 1.29 is 39.0 Å². The van der Waals surface area contributed by atoms with Gasteiger partial charge in [-0.3, -0.25) is 24.0 Å². The number of primary amides is 1. The number of thioether (sulfide) groups is 1. The van der Waals surface area contributed by atoms with E-state index in [1.807, 2.05) is 0 Å². The third-order valence-corrected chi connectivity index (χ3v) is 4.98. The molecule has 13 nitrogen and oxygen atoms in total. The smallest absolute Gasteiger partial charge is 0.326 e. The number of carbonyl (C=O) groups excluding carboxylic acids is 4. The van der Waals surface area contributed by atoms with Gasteiger partial charge in [-0.1, -0.05) is 13.8 Å². The number of carbonyl (C=O) groups is 6. The highest BCUT2D eigenvalue weighted by Gasteiger charge is 2.31. The van der Waals surface area contributed by atoms with Crippen LogP contribution in [0.15, 0.2) is 0 Å². The van der Waals surface area contributed by atoms with Gasteiger partial charge in [0.05, 0.1) is 18.9 Å². The number of rotatable bonds is 16. The van der Waals surface area contributed by atoms with E-state index in [0.717, 1.165) is 0 Å². The van der Waals surface area contributed by atoms with Gasteiger partial charge in [0.1, 0.15) is 18.1 Å². The maximum Gasteiger partial charge on any atom is 0.326 e. The van der Waals surface area contributed by atoms with Gasteiger partial charge in [0.2, 0.25) is 23.6 Å². The normalized spacial score (nSPS) is 14.5. The van der Waals surface area contributed by atoms with E-state index in [1.165, 1.54) is 11.8 Å². The summed E-state index contributed by atoms with van der Waals surface area (Å²) in [7, 11) is 0. The fourth-order valence-corrected chi connectivity index (χ4v) is 3.18. The van der Waals surface area contributed by atoms with Crippen molar-refractivity contribution in [2.24, 2.45) is 17.4 Å². The molecular weight excluding hydrogens is 458 g/mol. The first-order valence-electron chi connectivity index (χ1n) is 10.2. The lowest BCUT2D eigenvalue weighted by molar-refractivity contribution is -0.142. The minimum atomic E-state index is -1.48. The molecule has 4 unspecified atom stereocenters. The number of amides is 4. The molecule has 9 N–H and O–H groups in total. The molecule has 0 saturated carbocycles. The minimum absolute atomic E-state index is 0.0944. The van der Waals surface area contributed by atoms with Crippen molar-refractivity contribution in [2.75, 3.05) is 12.0 Å². The van der Waals surface area contributed by atoms with E-state index in [0.29, 0.717) is 5.75 Å². The van der Waals surface area contributed by atoms with Crippen molar-refractivity contribution in [1.29, 1.82) is 0 Å². The van der Waals surface area contributed by atoms with Crippen LogP contribution in [-0.4, -0.2) is 82.0 Å². The van der Waals surface area contributed by atoms with E-state index in [-0.39, 0.29) is 18.8 Å². The van der Waals surface area contributed by atoms with Crippen LogP contribution in [0.2, 0.25) is 0 Å². The third-order valence-electron chi connectivity index (χ3n) is 4.33. The zero-order valence-electron chi connectivity index (χ0n) is 18.8. The zero-order valence-corrected chi connectivity index (χ0v) is 19.6. The van der Waals surface area contributed by atoms with E-state index in [2.05, 4.69) is 16.0 Å². The first-order valence-corrected chi connectivity index (χ1v) is 11.6. The van der Waals surface area contributed by atoms with Crippen LogP contribution in [0, 0.1) is 5.92 Å². The summed E-state index contributed by atoms with van der Waals surface area (Å²) < 4.78 is 0. The molecule has 0 saturated heterocycles. The maximum atomic E-state index is 12.8. The highest BCUT2D eigenvalue weighted by molar-refractivity contribution is 7.98. The number of carboxylic acids is 2. The topological polar surface area (TPSA) is 231 Å². The summed E-state index contributed by atoms with van der Waals surface area (Å²) in [6.07, 6.45) is 0.748.